The summed E-state index contributed by atoms with van der Waals surface area (Å²) in [6, 6.07) is 9.40. The molecule has 6 nitrogen and oxygen atoms in total. The lowest BCUT2D eigenvalue weighted by atomic mass is 10.3. The number of halogens is 1. The first-order valence-corrected chi connectivity index (χ1v) is 7.85. The van der Waals surface area contributed by atoms with E-state index in [1.54, 1.807) is 18.0 Å². The molecule has 0 atom stereocenters. The van der Waals surface area contributed by atoms with Gasteiger partial charge in [0.1, 0.15) is 5.69 Å². The maximum Gasteiger partial charge on any atom is 0.174 e. The van der Waals surface area contributed by atoms with Gasteiger partial charge in [-0.1, -0.05) is 11.6 Å². The monoisotopic (exact) mass is 343 g/mol. The Morgan fingerprint density at radius 2 is 1.96 bits per heavy atom. The number of hydrogen-bond acceptors (Lipinski definition) is 5. The van der Waals surface area contributed by atoms with Crippen molar-refractivity contribution in [2.24, 2.45) is 0 Å². The van der Waals surface area contributed by atoms with Gasteiger partial charge in [0.05, 0.1) is 18.5 Å². The van der Waals surface area contributed by atoms with Crippen LogP contribution >= 0.6 is 11.6 Å². The molecule has 0 bridgehead atoms. The Hall–Kier alpha value is -2.44. The van der Waals surface area contributed by atoms with E-state index in [1.165, 1.54) is 0 Å². The second-order valence-corrected chi connectivity index (χ2v) is 5.86. The Balaban J connectivity index is 1.99. The summed E-state index contributed by atoms with van der Waals surface area (Å²) in [6.07, 6.45) is 1.70. The van der Waals surface area contributed by atoms with Gasteiger partial charge < -0.3 is 10.1 Å². The van der Waals surface area contributed by atoms with Crippen molar-refractivity contribution < 1.29 is 4.74 Å². The Bertz CT molecular complexity index is 845. The van der Waals surface area contributed by atoms with Crippen LogP contribution in [0.4, 0.5) is 11.5 Å². The molecule has 24 heavy (non-hydrogen) atoms. The second kappa shape index (κ2) is 6.98. The first kappa shape index (κ1) is 16.4. The molecule has 0 saturated carbocycles. The van der Waals surface area contributed by atoms with Crippen LogP contribution in [0.5, 0.6) is 0 Å². The molecule has 7 heteroatoms. The average Bonchev–Trinajstić information content (AvgIpc) is 2.90. The summed E-state index contributed by atoms with van der Waals surface area (Å²) in [4.78, 5) is 9.14. The molecule has 0 aliphatic heterocycles. The van der Waals surface area contributed by atoms with Crippen molar-refractivity contribution in [2.75, 3.05) is 12.4 Å². The van der Waals surface area contributed by atoms with Gasteiger partial charge in [-0.05, 0) is 44.2 Å². The highest BCUT2D eigenvalue weighted by Crippen LogP contribution is 2.21. The molecular formula is C17H18ClN5O. The topological polar surface area (TPSA) is 64.9 Å². The van der Waals surface area contributed by atoms with E-state index in [2.05, 4.69) is 20.4 Å². The van der Waals surface area contributed by atoms with Crippen molar-refractivity contribution in [3.8, 4) is 5.82 Å². The van der Waals surface area contributed by atoms with Crippen LogP contribution in [0.1, 0.15) is 17.1 Å². The largest absolute Gasteiger partial charge is 0.378 e. The lowest BCUT2D eigenvalue weighted by molar-refractivity contribution is 0.182. The third-order valence-electron chi connectivity index (χ3n) is 3.45. The van der Waals surface area contributed by atoms with E-state index in [9.17, 15) is 0 Å². The zero-order valence-electron chi connectivity index (χ0n) is 13.7. The molecule has 2 aromatic heterocycles. The van der Waals surface area contributed by atoms with E-state index in [0.717, 1.165) is 22.8 Å². The van der Waals surface area contributed by atoms with Crippen LogP contribution in [-0.4, -0.2) is 26.9 Å². The molecule has 2 heterocycles. The normalized spacial score (nSPS) is 10.8. The number of benzene rings is 1. The minimum absolute atomic E-state index is 0.361. The van der Waals surface area contributed by atoms with Crippen LogP contribution in [0.15, 0.2) is 36.5 Å². The van der Waals surface area contributed by atoms with E-state index >= 15 is 0 Å². The number of methoxy groups -OCH3 is 1. The zero-order valence-corrected chi connectivity index (χ0v) is 14.5. The van der Waals surface area contributed by atoms with E-state index in [-0.39, 0.29) is 0 Å². The van der Waals surface area contributed by atoms with E-state index in [0.29, 0.717) is 23.3 Å². The molecule has 1 N–H and O–H groups in total. The molecule has 0 fully saturated rings. The van der Waals surface area contributed by atoms with Crippen molar-refractivity contribution >= 4 is 23.1 Å². The van der Waals surface area contributed by atoms with Gasteiger partial charge >= 0.3 is 0 Å². The molecule has 0 aliphatic rings. The lowest BCUT2D eigenvalue weighted by Gasteiger charge is -2.12. The number of nitrogens with zero attached hydrogens (tertiary/aromatic N) is 4. The van der Waals surface area contributed by atoms with E-state index in [4.69, 9.17) is 16.3 Å². The lowest BCUT2D eigenvalue weighted by Crippen LogP contribution is -2.09. The standard InChI is InChI=1S/C17H18ClN5O/c1-11-8-12(2)23(22-11)16-9-19-15(10-24-3)17(21-16)20-14-6-4-13(18)5-7-14/h4-9H,10H2,1-3H3,(H,20,21). The number of rotatable bonds is 5. The molecule has 124 valence electrons. The van der Waals surface area contributed by atoms with Gasteiger partial charge in [0.15, 0.2) is 11.6 Å². The van der Waals surface area contributed by atoms with Gasteiger partial charge in [-0.3, -0.25) is 4.98 Å². The van der Waals surface area contributed by atoms with Crippen LogP contribution in [0.25, 0.3) is 5.82 Å². The van der Waals surface area contributed by atoms with E-state index in [1.807, 2.05) is 44.2 Å². The van der Waals surface area contributed by atoms with Crippen LogP contribution in [0, 0.1) is 13.8 Å². The molecule has 0 aliphatic carbocycles. The van der Waals surface area contributed by atoms with E-state index < -0.39 is 0 Å². The number of ether oxygens (including phenoxy) is 1. The Labute approximate surface area is 145 Å². The number of aromatic nitrogens is 4. The number of nitrogens with one attached hydrogen (secondary N) is 1. The molecule has 0 spiro atoms. The highest BCUT2D eigenvalue weighted by Gasteiger charge is 2.12. The Kier molecular flexibility index (Phi) is 4.78. The predicted octanol–water partition coefficient (Wildman–Crippen LogP) is 3.82. The quantitative estimate of drug-likeness (QED) is 0.762. The van der Waals surface area contributed by atoms with Crippen molar-refractivity contribution in [1.29, 1.82) is 0 Å². The summed E-state index contributed by atoms with van der Waals surface area (Å²) in [5, 5.41) is 8.40. The molecular weight excluding hydrogens is 326 g/mol. The van der Waals surface area contributed by atoms with Crippen LogP contribution < -0.4 is 5.32 Å². The van der Waals surface area contributed by atoms with Gasteiger partial charge in [0, 0.05) is 23.5 Å². The molecule has 3 rings (SSSR count). The number of aryl methyl sites for hydroxylation is 2. The predicted molar refractivity (Wildman–Crippen MR) is 94.1 cm³/mol. The Morgan fingerprint density at radius 3 is 2.58 bits per heavy atom. The molecule has 1 aromatic carbocycles. The second-order valence-electron chi connectivity index (χ2n) is 5.43. The summed E-state index contributed by atoms with van der Waals surface area (Å²) >= 11 is 5.93. The van der Waals surface area contributed by atoms with Crippen molar-refractivity contribution in [3.05, 3.63) is 58.6 Å². The van der Waals surface area contributed by atoms with Crippen molar-refractivity contribution in [1.82, 2.24) is 19.7 Å². The number of anilines is 2. The van der Waals surface area contributed by atoms with Crippen molar-refractivity contribution in [2.45, 2.75) is 20.5 Å². The third kappa shape index (κ3) is 3.55. The van der Waals surface area contributed by atoms with Gasteiger partial charge in [-0.25, -0.2) is 9.67 Å². The summed E-state index contributed by atoms with van der Waals surface area (Å²) in [5.74, 6) is 1.28. The summed E-state index contributed by atoms with van der Waals surface area (Å²) < 4.78 is 6.98. The fourth-order valence-corrected chi connectivity index (χ4v) is 2.51. The van der Waals surface area contributed by atoms with Gasteiger partial charge in [0.2, 0.25) is 0 Å². The maximum absolute atomic E-state index is 5.93. The first-order chi connectivity index (χ1) is 11.6. The smallest absolute Gasteiger partial charge is 0.174 e. The van der Waals surface area contributed by atoms with Crippen LogP contribution in [-0.2, 0) is 11.3 Å². The molecule has 0 radical (unpaired) electrons. The average molecular weight is 344 g/mol. The van der Waals surface area contributed by atoms with Crippen LogP contribution in [0.2, 0.25) is 5.02 Å². The minimum atomic E-state index is 0.361. The summed E-state index contributed by atoms with van der Waals surface area (Å²) in [5.41, 5.74) is 3.52. The fourth-order valence-electron chi connectivity index (χ4n) is 2.38. The molecule has 0 saturated heterocycles. The summed E-state index contributed by atoms with van der Waals surface area (Å²) in [6.45, 7) is 4.29. The number of hydrogen-bond donors (Lipinski definition) is 1. The molecule has 3 aromatic rings. The highest BCUT2D eigenvalue weighted by atomic mass is 35.5. The van der Waals surface area contributed by atoms with Gasteiger partial charge in [-0.2, -0.15) is 5.10 Å². The van der Waals surface area contributed by atoms with Crippen LogP contribution in [0.3, 0.4) is 0 Å². The Morgan fingerprint density at radius 1 is 1.21 bits per heavy atom. The van der Waals surface area contributed by atoms with Gasteiger partial charge in [0.25, 0.3) is 0 Å². The molecule has 0 amide bonds. The maximum atomic E-state index is 5.93. The SMILES string of the molecule is COCc1ncc(-n2nc(C)cc2C)nc1Nc1ccc(Cl)cc1. The highest BCUT2D eigenvalue weighted by molar-refractivity contribution is 6.30. The summed E-state index contributed by atoms with van der Waals surface area (Å²) in [7, 11) is 1.63. The van der Waals surface area contributed by atoms with Gasteiger partial charge in [-0.15, -0.1) is 0 Å². The minimum Gasteiger partial charge on any atom is -0.378 e. The van der Waals surface area contributed by atoms with Crippen molar-refractivity contribution in [3.63, 3.8) is 0 Å². The molecule has 0 unspecified atom stereocenters. The zero-order chi connectivity index (χ0) is 17.1. The first-order valence-electron chi connectivity index (χ1n) is 7.48. The fraction of sp³-hybridized carbons (Fsp3) is 0.235. The third-order valence-corrected chi connectivity index (χ3v) is 3.70.